The largest absolute Gasteiger partial charge is 0.354 e. The lowest BCUT2D eigenvalue weighted by molar-refractivity contribution is 0.380. The molecule has 0 atom stereocenters. The summed E-state index contributed by atoms with van der Waals surface area (Å²) in [6.07, 6.45) is 3.82. The first-order chi connectivity index (χ1) is 8.69. The summed E-state index contributed by atoms with van der Waals surface area (Å²) in [5, 5.41) is 17.1. The molecule has 0 spiro atoms. The van der Waals surface area contributed by atoms with Crippen LogP contribution in [-0.4, -0.2) is 29.2 Å². The Morgan fingerprint density at radius 2 is 2.22 bits per heavy atom. The summed E-state index contributed by atoms with van der Waals surface area (Å²) in [4.78, 5) is 4.22. The molecule has 100 valence electrons. The van der Waals surface area contributed by atoms with E-state index in [1.54, 1.807) is 18.4 Å². The molecule has 5 nitrogen and oxygen atoms in total. The van der Waals surface area contributed by atoms with E-state index < -0.39 is 0 Å². The molecule has 0 radical (unpaired) electrons. The number of nitrogens with zero attached hydrogens (tertiary/aromatic N) is 3. The average molecular weight is 267 g/mol. The van der Waals surface area contributed by atoms with Crippen LogP contribution in [-0.2, 0) is 6.54 Å². The molecule has 2 N–H and O–H groups in total. The maximum absolute atomic E-state index is 4.22. The van der Waals surface area contributed by atoms with Gasteiger partial charge in [-0.05, 0) is 19.3 Å². The van der Waals surface area contributed by atoms with Crippen molar-refractivity contribution in [2.45, 2.75) is 51.6 Å². The fourth-order valence-corrected chi connectivity index (χ4v) is 2.46. The molecule has 1 aliphatic carbocycles. The van der Waals surface area contributed by atoms with Crippen molar-refractivity contribution in [1.82, 2.24) is 20.8 Å². The number of aromatic nitrogens is 2. The minimum atomic E-state index is 0.448. The molecule has 1 aliphatic rings. The van der Waals surface area contributed by atoms with Crippen LogP contribution in [0, 0.1) is 0 Å². The van der Waals surface area contributed by atoms with Crippen LogP contribution in [0.3, 0.4) is 0 Å². The zero-order valence-electron chi connectivity index (χ0n) is 11.2. The highest BCUT2D eigenvalue weighted by atomic mass is 32.1. The van der Waals surface area contributed by atoms with Gasteiger partial charge in [0.1, 0.15) is 10.0 Å². The van der Waals surface area contributed by atoms with Crippen molar-refractivity contribution in [1.29, 1.82) is 0 Å². The van der Waals surface area contributed by atoms with E-state index in [0.717, 1.165) is 16.0 Å². The second-order valence-corrected chi connectivity index (χ2v) is 5.98. The molecule has 1 heterocycles. The first-order valence-electron chi connectivity index (χ1n) is 6.48. The van der Waals surface area contributed by atoms with Gasteiger partial charge in [-0.1, -0.05) is 25.2 Å². The minimum Gasteiger partial charge on any atom is -0.354 e. The monoisotopic (exact) mass is 267 g/mol. The maximum atomic E-state index is 4.22. The van der Waals surface area contributed by atoms with Crippen molar-refractivity contribution in [2.24, 2.45) is 4.99 Å². The molecule has 0 bridgehead atoms. The Balaban J connectivity index is 1.81. The molecular formula is C12H21N5S. The number of nitrogens with one attached hydrogen (secondary N) is 2. The highest BCUT2D eigenvalue weighted by molar-refractivity contribution is 7.11. The van der Waals surface area contributed by atoms with Gasteiger partial charge in [-0.3, -0.25) is 4.99 Å². The van der Waals surface area contributed by atoms with Crippen LogP contribution in [0.1, 0.15) is 49.0 Å². The lowest BCUT2D eigenvalue weighted by atomic mass is 9.93. The van der Waals surface area contributed by atoms with E-state index >= 15 is 0 Å². The van der Waals surface area contributed by atoms with Gasteiger partial charge in [-0.2, -0.15) is 0 Å². The standard InChI is InChI=1S/C12H21N5S/c1-8(2)11-17-16-10(18-11)7-14-12(13-3)15-9-5-4-6-9/h8-9H,4-7H2,1-3H3,(H2,13,14,15). The molecule has 0 unspecified atom stereocenters. The normalized spacial score (nSPS) is 16.8. The quantitative estimate of drug-likeness (QED) is 0.646. The van der Waals surface area contributed by atoms with Crippen LogP contribution < -0.4 is 10.6 Å². The van der Waals surface area contributed by atoms with Crippen molar-refractivity contribution in [3.05, 3.63) is 10.0 Å². The molecule has 1 fully saturated rings. The molecule has 0 amide bonds. The third-order valence-corrected chi connectivity index (χ3v) is 4.28. The molecule has 0 aliphatic heterocycles. The molecule has 1 aromatic heterocycles. The number of hydrogen-bond acceptors (Lipinski definition) is 4. The predicted octanol–water partition coefficient (Wildman–Crippen LogP) is 1.88. The summed E-state index contributed by atoms with van der Waals surface area (Å²) in [5.41, 5.74) is 0. The average Bonchev–Trinajstić information content (AvgIpc) is 2.76. The van der Waals surface area contributed by atoms with Crippen molar-refractivity contribution in [2.75, 3.05) is 7.05 Å². The van der Waals surface area contributed by atoms with E-state index in [1.165, 1.54) is 19.3 Å². The van der Waals surface area contributed by atoms with Gasteiger partial charge in [0.15, 0.2) is 5.96 Å². The Labute approximate surface area is 112 Å². The summed E-state index contributed by atoms with van der Waals surface area (Å²) < 4.78 is 0. The fraction of sp³-hybridized carbons (Fsp3) is 0.750. The van der Waals surface area contributed by atoms with E-state index in [0.29, 0.717) is 18.5 Å². The van der Waals surface area contributed by atoms with Crippen LogP contribution in [0.5, 0.6) is 0 Å². The van der Waals surface area contributed by atoms with E-state index in [1.807, 2.05) is 0 Å². The van der Waals surface area contributed by atoms with Crippen molar-refractivity contribution in [3.63, 3.8) is 0 Å². The molecule has 6 heteroatoms. The number of aliphatic imine (C=N–C) groups is 1. The van der Waals surface area contributed by atoms with Gasteiger partial charge >= 0.3 is 0 Å². The lowest BCUT2D eigenvalue weighted by Gasteiger charge is -2.28. The van der Waals surface area contributed by atoms with Gasteiger partial charge in [-0.25, -0.2) is 0 Å². The summed E-state index contributed by atoms with van der Waals surface area (Å²) in [6, 6.07) is 0.594. The lowest BCUT2D eigenvalue weighted by Crippen LogP contribution is -2.45. The van der Waals surface area contributed by atoms with Crippen molar-refractivity contribution in [3.8, 4) is 0 Å². The van der Waals surface area contributed by atoms with E-state index in [-0.39, 0.29) is 0 Å². The smallest absolute Gasteiger partial charge is 0.191 e. The summed E-state index contributed by atoms with van der Waals surface area (Å²) in [6.45, 7) is 4.96. The Morgan fingerprint density at radius 1 is 1.44 bits per heavy atom. The second-order valence-electron chi connectivity index (χ2n) is 4.89. The van der Waals surface area contributed by atoms with Crippen molar-refractivity contribution < 1.29 is 0 Å². The molecule has 0 saturated heterocycles. The van der Waals surface area contributed by atoms with Gasteiger partial charge in [0.05, 0.1) is 6.54 Å². The third-order valence-electron chi connectivity index (χ3n) is 3.05. The fourth-order valence-electron chi connectivity index (χ4n) is 1.67. The van der Waals surface area contributed by atoms with Gasteiger partial charge in [0, 0.05) is 19.0 Å². The zero-order chi connectivity index (χ0) is 13.0. The van der Waals surface area contributed by atoms with E-state index in [4.69, 9.17) is 0 Å². The molecule has 2 rings (SSSR count). The predicted molar refractivity (Wildman–Crippen MR) is 75.0 cm³/mol. The van der Waals surface area contributed by atoms with E-state index in [2.05, 4.69) is 39.7 Å². The third kappa shape index (κ3) is 3.41. The maximum Gasteiger partial charge on any atom is 0.191 e. The Kier molecular flexibility index (Phi) is 4.52. The minimum absolute atomic E-state index is 0.448. The molecule has 18 heavy (non-hydrogen) atoms. The van der Waals surface area contributed by atoms with Gasteiger partial charge in [0.25, 0.3) is 0 Å². The van der Waals surface area contributed by atoms with Gasteiger partial charge < -0.3 is 10.6 Å². The Bertz CT molecular complexity index is 408. The van der Waals surface area contributed by atoms with Crippen LogP contribution in [0.15, 0.2) is 4.99 Å². The highest BCUT2D eigenvalue weighted by Gasteiger charge is 2.18. The van der Waals surface area contributed by atoms with Crippen LogP contribution in [0.4, 0.5) is 0 Å². The van der Waals surface area contributed by atoms with Crippen molar-refractivity contribution >= 4 is 17.3 Å². The topological polar surface area (TPSA) is 62.2 Å². The highest BCUT2D eigenvalue weighted by Crippen LogP contribution is 2.19. The number of hydrogen-bond donors (Lipinski definition) is 2. The van der Waals surface area contributed by atoms with Crippen LogP contribution in [0.25, 0.3) is 0 Å². The number of rotatable bonds is 4. The van der Waals surface area contributed by atoms with Crippen LogP contribution >= 0.6 is 11.3 Å². The molecular weight excluding hydrogens is 246 g/mol. The summed E-state index contributed by atoms with van der Waals surface area (Å²) in [5.74, 6) is 1.31. The second kappa shape index (κ2) is 6.13. The zero-order valence-corrected chi connectivity index (χ0v) is 12.0. The first-order valence-corrected chi connectivity index (χ1v) is 7.30. The summed E-state index contributed by atoms with van der Waals surface area (Å²) in [7, 11) is 1.80. The Hall–Kier alpha value is -1.17. The molecule has 0 aromatic carbocycles. The number of guanidine groups is 1. The van der Waals surface area contributed by atoms with Gasteiger partial charge in [0.2, 0.25) is 0 Å². The first kappa shape index (κ1) is 13.3. The van der Waals surface area contributed by atoms with E-state index in [9.17, 15) is 0 Å². The van der Waals surface area contributed by atoms with Crippen LogP contribution in [0.2, 0.25) is 0 Å². The van der Waals surface area contributed by atoms with Gasteiger partial charge in [-0.15, -0.1) is 10.2 Å². The SMILES string of the molecule is CN=C(NCc1nnc(C(C)C)s1)NC1CCC1. The molecule has 1 saturated carbocycles. The summed E-state index contributed by atoms with van der Waals surface area (Å²) >= 11 is 1.66. The molecule has 1 aromatic rings. The Morgan fingerprint density at radius 3 is 2.72 bits per heavy atom.